The maximum absolute atomic E-state index is 12.2. The minimum atomic E-state index is -4.26. The van der Waals surface area contributed by atoms with E-state index in [-0.39, 0.29) is 0 Å². The van der Waals surface area contributed by atoms with Crippen molar-refractivity contribution in [2.75, 3.05) is 0 Å². The highest BCUT2D eigenvalue weighted by atomic mass is 19.4. The maximum atomic E-state index is 12.2. The second-order valence-electron chi connectivity index (χ2n) is 3.11. The van der Waals surface area contributed by atoms with Crippen LogP contribution in [0.1, 0.15) is 25.2 Å². The number of imidazole rings is 1. The van der Waals surface area contributed by atoms with Gasteiger partial charge in [0.15, 0.2) is 0 Å². The number of alkyl halides is 3. The van der Waals surface area contributed by atoms with Crippen molar-refractivity contribution in [2.24, 2.45) is 5.84 Å². The lowest BCUT2D eigenvalue weighted by Crippen LogP contribution is -2.33. The second-order valence-corrected chi connectivity index (χ2v) is 3.11. The Morgan fingerprint density at radius 2 is 2.27 bits per heavy atom. The van der Waals surface area contributed by atoms with Crippen molar-refractivity contribution in [2.45, 2.75) is 32.1 Å². The van der Waals surface area contributed by atoms with E-state index in [2.05, 4.69) is 10.4 Å². The van der Waals surface area contributed by atoms with E-state index in [0.29, 0.717) is 12.4 Å². The van der Waals surface area contributed by atoms with Crippen LogP contribution in [0.5, 0.6) is 0 Å². The molecule has 1 aromatic heterocycles. The topological polar surface area (TPSA) is 55.9 Å². The summed E-state index contributed by atoms with van der Waals surface area (Å²) in [6.07, 6.45) is -2.21. The van der Waals surface area contributed by atoms with Crippen LogP contribution in [-0.2, 0) is 6.54 Å². The van der Waals surface area contributed by atoms with Crippen molar-refractivity contribution in [3.8, 4) is 0 Å². The van der Waals surface area contributed by atoms with Crippen molar-refractivity contribution >= 4 is 0 Å². The lowest BCUT2D eigenvalue weighted by Gasteiger charge is -2.18. The van der Waals surface area contributed by atoms with Gasteiger partial charge in [0.05, 0.1) is 12.5 Å². The number of nitrogens with one attached hydrogen (secondary N) is 1. The molecule has 4 nitrogen and oxygen atoms in total. The molecule has 0 saturated heterocycles. The fourth-order valence-corrected chi connectivity index (χ4v) is 1.35. The molecule has 0 bridgehead atoms. The van der Waals surface area contributed by atoms with Crippen LogP contribution in [0.15, 0.2) is 12.4 Å². The van der Waals surface area contributed by atoms with E-state index in [0.717, 1.165) is 0 Å². The summed E-state index contributed by atoms with van der Waals surface area (Å²) < 4.78 is 38.2. The number of hydrogen-bond donors (Lipinski definition) is 2. The molecule has 1 unspecified atom stereocenters. The van der Waals surface area contributed by atoms with Gasteiger partial charge >= 0.3 is 6.18 Å². The molecule has 1 heterocycles. The summed E-state index contributed by atoms with van der Waals surface area (Å²) in [7, 11) is 0. The molecule has 0 spiro atoms. The van der Waals surface area contributed by atoms with Gasteiger partial charge in [-0.15, -0.1) is 0 Å². The molecular formula is C8H13F3N4. The molecule has 0 amide bonds. The van der Waals surface area contributed by atoms with Gasteiger partial charge in [-0.25, -0.2) is 10.4 Å². The third-order valence-corrected chi connectivity index (χ3v) is 2.04. The van der Waals surface area contributed by atoms with Crippen LogP contribution >= 0.6 is 0 Å². The predicted molar refractivity (Wildman–Crippen MR) is 48.6 cm³/mol. The van der Waals surface area contributed by atoms with Gasteiger partial charge in [-0.3, -0.25) is 5.84 Å². The molecule has 0 radical (unpaired) electrons. The zero-order chi connectivity index (χ0) is 11.5. The minimum absolute atomic E-state index is 0.303. The highest BCUT2D eigenvalue weighted by molar-refractivity contribution is 4.99. The van der Waals surface area contributed by atoms with E-state index in [4.69, 9.17) is 5.84 Å². The van der Waals surface area contributed by atoms with Crippen LogP contribution in [-0.4, -0.2) is 15.7 Å². The Labute approximate surface area is 85.3 Å². The first-order valence-corrected chi connectivity index (χ1v) is 4.52. The molecule has 0 aliphatic carbocycles. The molecule has 1 aromatic rings. The molecule has 1 atom stereocenters. The van der Waals surface area contributed by atoms with Gasteiger partial charge in [0.25, 0.3) is 0 Å². The lowest BCUT2D eigenvalue weighted by molar-refractivity contribution is -0.141. The first kappa shape index (κ1) is 12.0. The van der Waals surface area contributed by atoms with E-state index in [1.54, 1.807) is 10.8 Å². The molecule has 86 valence electrons. The van der Waals surface area contributed by atoms with Gasteiger partial charge in [-0.05, 0) is 6.92 Å². The van der Waals surface area contributed by atoms with Crippen molar-refractivity contribution in [3.63, 3.8) is 0 Å². The van der Waals surface area contributed by atoms with Gasteiger partial charge in [-0.1, -0.05) is 0 Å². The fourth-order valence-electron chi connectivity index (χ4n) is 1.35. The van der Waals surface area contributed by atoms with Crippen molar-refractivity contribution in [1.82, 2.24) is 15.0 Å². The van der Waals surface area contributed by atoms with Crippen molar-refractivity contribution < 1.29 is 13.2 Å². The first-order chi connectivity index (χ1) is 6.98. The molecule has 7 heteroatoms. The van der Waals surface area contributed by atoms with E-state index in [9.17, 15) is 13.2 Å². The number of halogens is 3. The number of aromatic nitrogens is 2. The minimum Gasteiger partial charge on any atom is -0.334 e. The molecule has 0 fully saturated rings. The van der Waals surface area contributed by atoms with Crippen LogP contribution in [0.25, 0.3) is 0 Å². The second kappa shape index (κ2) is 4.63. The number of rotatable bonds is 4. The molecule has 3 N–H and O–H groups in total. The number of nitrogens with two attached hydrogens (primary N) is 1. The van der Waals surface area contributed by atoms with Gasteiger partial charge in [0.1, 0.15) is 5.82 Å². The molecule has 0 aliphatic heterocycles. The fraction of sp³-hybridized carbons (Fsp3) is 0.625. The molecule has 0 saturated carbocycles. The molecule has 15 heavy (non-hydrogen) atoms. The Hall–Kier alpha value is -1.08. The third-order valence-electron chi connectivity index (χ3n) is 2.04. The SMILES string of the molecule is CCn1ccnc1C(CC(F)(F)F)NN. The van der Waals surface area contributed by atoms with Gasteiger partial charge < -0.3 is 4.57 Å². The van der Waals surface area contributed by atoms with Crippen LogP contribution < -0.4 is 11.3 Å². The first-order valence-electron chi connectivity index (χ1n) is 4.52. The summed E-state index contributed by atoms with van der Waals surface area (Å²) in [5, 5.41) is 0. The Bertz CT molecular complexity index is 307. The average molecular weight is 222 g/mol. The largest absolute Gasteiger partial charge is 0.391 e. The highest BCUT2D eigenvalue weighted by Gasteiger charge is 2.33. The molecule has 0 aliphatic rings. The summed E-state index contributed by atoms with van der Waals surface area (Å²) in [5.41, 5.74) is 2.13. The van der Waals surface area contributed by atoms with E-state index in [1.807, 2.05) is 6.92 Å². The lowest BCUT2D eigenvalue weighted by atomic mass is 10.2. The monoisotopic (exact) mass is 222 g/mol. The van der Waals surface area contributed by atoms with Crippen LogP contribution in [0, 0.1) is 0 Å². The number of hydrazine groups is 1. The standard InChI is InChI=1S/C8H13F3N4/c1-2-15-4-3-13-7(15)6(14-12)5-8(9,10)11/h3-4,6,14H,2,5,12H2,1H3. The van der Waals surface area contributed by atoms with Gasteiger partial charge in [0, 0.05) is 18.9 Å². The summed E-state index contributed by atoms with van der Waals surface area (Å²) in [4.78, 5) is 3.86. The maximum Gasteiger partial charge on any atom is 0.391 e. The Morgan fingerprint density at radius 1 is 1.60 bits per heavy atom. The Morgan fingerprint density at radius 3 is 2.73 bits per heavy atom. The molecular weight excluding hydrogens is 209 g/mol. The Balaban J connectivity index is 2.83. The zero-order valence-corrected chi connectivity index (χ0v) is 8.25. The van der Waals surface area contributed by atoms with E-state index < -0.39 is 18.6 Å². The van der Waals surface area contributed by atoms with Crippen LogP contribution in [0.4, 0.5) is 13.2 Å². The number of aryl methyl sites for hydroxylation is 1. The normalized spacial score (nSPS) is 14.2. The summed E-state index contributed by atoms with van der Waals surface area (Å²) >= 11 is 0. The summed E-state index contributed by atoms with van der Waals surface area (Å²) in [5.74, 6) is 5.39. The van der Waals surface area contributed by atoms with E-state index in [1.165, 1.54) is 6.20 Å². The molecule has 1 rings (SSSR count). The van der Waals surface area contributed by atoms with Crippen LogP contribution in [0.2, 0.25) is 0 Å². The van der Waals surface area contributed by atoms with Crippen LogP contribution in [0.3, 0.4) is 0 Å². The Kier molecular flexibility index (Phi) is 3.70. The summed E-state index contributed by atoms with van der Waals surface area (Å²) in [6.45, 7) is 2.39. The third kappa shape index (κ3) is 3.21. The van der Waals surface area contributed by atoms with Gasteiger partial charge in [0.2, 0.25) is 0 Å². The highest BCUT2D eigenvalue weighted by Crippen LogP contribution is 2.28. The van der Waals surface area contributed by atoms with Crippen molar-refractivity contribution in [1.29, 1.82) is 0 Å². The quantitative estimate of drug-likeness (QED) is 0.597. The van der Waals surface area contributed by atoms with Gasteiger partial charge in [-0.2, -0.15) is 13.2 Å². The van der Waals surface area contributed by atoms with Crippen molar-refractivity contribution in [3.05, 3.63) is 18.2 Å². The average Bonchev–Trinajstić information content (AvgIpc) is 2.60. The smallest absolute Gasteiger partial charge is 0.334 e. The summed E-state index contributed by atoms with van der Waals surface area (Å²) in [6, 6.07) is -1.00. The number of nitrogens with zero attached hydrogens (tertiary/aromatic N) is 2. The number of hydrogen-bond acceptors (Lipinski definition) is 3. The zero-order valence-electron chi connectivity index (χ0n) is 8.25. The van der Waals surface area contributed by atoms with E-state index >= 15 is 0 Å². The molecule has 0 aromatic carbocycles. The predicted octanol–water partition coefficient (Wildman–Crippen LogP) is 1.36.